The molecule has 0 spiro atoms. The zero-order chi connectivity index (χ0) is 26.7. The number of ether oxygens (including phenoxy) is 3. The lowest BCUT2D eigenvalue weighted by atomic mass is 9.94. The second kappa shape index (κ2) is 11.1. The van der Waals surface area contributed by atoms with Gasteiger partial charge in [-0.25, -0.2) is 19.0 Å². The Balaban J connectivity index is 1.83. The van der Waals surface area contributed by atoms with Gasteiger partial charge in [-0.3, -0.25) is 9.89 Å². The molecule has 0 amide bonds. The van der Waals surface area contributed by atoms with Gasteiger partial charge >= 0.3 is 12.1 Å². The van der Waals surface area contributed by atoms with Crippen LogP contribution in [0.5, 0.6) is 0 Å². The standard InChI is InChI=1S/C24H26ClFN4O6S/c1-24(2,3)36-22(31)18-16(11-30-7-8-34-12-17(30)35-23(32)33)28-20(21-27-6-9-37-21)29-19(18)14-5-4-13(26)10-15(14)25/h4-6,9-10,17,19H,7-8,11-12H2,1-3H3,(H,28,29)(H,32,33)/t17-,19?/m0/s1. The molecule has 198 valence electrons. The Labute approximate surface area is 221 Å². The third-order valence-electron chi connectivity index (χ3n) is 5.43. The van der Waals surface area contributed by atoms with Crippen molar-refractivity contribution in [3.05, 3.63) is 62.5 Å². The van der Waals surface area contributed by atoms with Gasteiger partial charge in [-0.05, 0) is 32.9 Å². The summed E-state index contributed by atoms with van der Waals surface area (Å²) in [5.74, 6) is -0.797. The molecule has 1 fully saturated rings. The van der Waals surface area contributed by atoms with E-state index in [1.807, 2.05) is 0 Å². The Morgan fingerprint density at radius 1 is 1.38 bits per heavy atom. The third-order valence-corrected chi connectivity index (χ3v) is 6.53. The number of hydrogen-bond donors (Lipinski definition) is 2. The number of hydrogen-bond acceptors (Lipinski definition) is 10. The molecule has 2 atom stereocenters. The highest BCUT2D eigenvalue weighted by atomic mass is 35.5. The maximum atomic E-state index is 13.9. The molecule has 0 saturated carbocycles. The minimum absolute atomic E-state index is 0.0298. The summed E-state index contributed by atoms with van der Waals surface area (Å²) in [6.07, 6.45) is -0.717. The number of amidine groups is 1. The molecule has 1 unspecified atom stereocenters. The van der Waals surface area contributed by atoms with Crippen LogP contribution in [-0.4, -0.2) is 71.1 Å². The van der Waals surface area contributed by atoms with Crippen LogP contribution in [0.2, 0.25) is 5.02 Å². The summed E-state index contributed by atoms with van der Waals surface area (Å²) in [5, 5.41) is 14.8. The van der Waals surface area contributed by atoms with Crippen LogP contribution < -0.4 is 5.32 Å². The highest BCUT2D eigenvalue weighted by molar-refractivity contribution is 7.11. The minimum atomic E-state index is -1.44. The molecule has 1 saturated heterocycles. The number of carbonyl (C=O) groups excluding carboxylic acids is 1. The van der Waals surface area contributed by atoms with Gasteiger partial charge in [-0.1, -0.05) is 17.7 Å². The lowest BCUT2D eigenvalue weighted by molar-refractivity contribution is -0.150. The van der Waals surface area contributed by atoms with Gasteiger partial charge in [0.25, 0.3) is 0 Å². The van der Waals surface area contributed by atoms with Gasteiger partial charge < -0.3 is 24.6 Å². The summed E-state index contributed by atoms with van der Waals surface area (Å²) in [6, 6.07) is 2.93. The first-order valence-electron chi connectivity index (χ1n) is 11.4. The van der Waals surface area contributed by atoms with Crippen LogP contribution in [0, 0.1) is 5.82 Å². The zero-order valence-corrected chi connectivity index (χ0v) is 21.9. The number of benzene rings is 1. The normalized spacial score (nSPS) is 20.7. The molecule has 37 heavy (non-hydrogen) atoms. The molecular formula is C24H26ClFN4O6S. The first kappa shape index (κ1) is 27.0. The fourth-order valence-corrected chi connectivity index (χ4v) is 4.77. The van der Waals surface area contributed by atoms with Gasteiger partial charge in [-0.2, -0.15) is 0 Å². The molecule has 2 aromatic rings. The number of carbonyl (C=O) groups is 2. The number of carboxylic acid groups (broad SMARTS) is 1. The van der Waals surface area contributed by atoms with Crippen LogP contribution in [0.3, 0.4) is 0 Å². The number of esters is 1. The van der Waals surface area contributed by atoms with Crippen molar-refractivity contribution in [2.45, 2.75) is 38.6 Å². The molecule has 2 aliphatic heterocycles. The first-order chi connectivity index (χ1) is 17.5. The quantitative estimate of drug-likeness (QED) is 0.512. The Morgan fingerprint density at radius 3 is 2.81 bits per heavy atom. The summed E-state index contributed by atoms with van der Waals surface area (Å²) in [5.41, 5.74) is 0.141. The van der Waals surface area contributed by atoms with Gasteiger partial charge in [0, 0.05) is 40.9 Å². The lowest BCUT2D eigenvalue weighted by Gasteiger charge is -2.36. The van der Waals surface area contributed by atoms with E-state index < -0.39 is 35.8 Å². The van der Waals surface area contributed by atoms with Crippen molar-refractivity contribution in [1.82, 2.24) is 15.2 Å². The fraction of sp³-hybridized carbons (Fsp3) is 0.417. The lowest BCUT2D eigenvalue weighted by Crippen LogP contribution is -2.50. The summed E-state index contributed by atoms with van der Waals surface area (Å²) in [4.78, 5) is 35.7. The van der Waals surface area contributed by atoms with Crippen LogP contribution >= 0.6 is 22.9 Å². The number of halogens is 2. The second-order valence-electron chi connectivity index (χ2n) is 9.29. The van der Waals surface area contributed by atoms with Crippen LogP contribution in [-0.2, 0) is 19.0 Å². The monoisotopic (exact) mass is 552 g/mol. The van der Waals surface area contributed by atoms with Gasteiger partial charge in [0.05, 0.1) is 18.8 Å². The van der Waals surface area contributed by atoms with Crippen LogP contribution in [0.1, 0.15) is 37.4 Å². The van der Waals surface area contributed by atoms with Crippen molar-refractivity contribution in [2.75, 3.05) is 26.3 Å². The van der Waals surface area contributed by atoms with Gasteiger partial charge in [-0.15, -0.1) is 11.3 Å². The smallest absolute Gasteiger partial charge is 0.456 e. The van der Waals surface area contributed by atoms with Crippen LogP contribution in [0.25, 0.3) is 0 Å². The largest absolute Gasteiger partial charge is 0.507 e. The average molecular weight is 553 g/mol. The van der Waals surface area contributed by atoms with Crippen LogP contribution in [0.4, 0.5) is 9.18 Å². The minimum Gasteiger partial charge on any atom is -0.456 e. The zero-order valence-electron chi connectivity index (χ0n) is 20.4. The van der Waals surface area contributed by atoms with E-state index in [0.29, 0.717) is 35.3 Å². The highest BCUT2D eigenvalue weighted by Crippen LogP contribution is 2.37. The molecule has 0 radical (unpaired) electrons. The summed E-state index contributed by atoms with van der Waals surface area (Å²) >= 11 is 7.77. The van der Waals surface area contributed by atoms with E-state index in [4.69, 9.17) is 30.8 Å². The Kier molecular flexibility index (Phi) is 8.12. The molecule has 3 heterocycles. The average Bonchev–Trinajstić information content (AvgIpc) is 3.33. The number of nitrogens with zero attached hydrogens (tertiary/aromatic N) is 3. The van der Waals surface area contributed by atoms with Crippen molar-refractivity contribution >= 4 is 40.9 Å². The number of rotatable bonds is 6. The van der Waals surface area contributed by atoms with E-state index in [0.717, 1.165) is 6.07 Å². The number of thiazole rings is 1. The molecule has 0 aliphatic carbocycles. The predicted molar refractivity (Wildman–Crippen MR) is 134 cm³/mol. The molecule has 0 bridgehead atoms. The molecular weight excluding hydrogens is 527 g/mol. The van der Waals surface area contributed by atoms with Crippen molar-refractivity contribution in [3.63, 3.8) is 0 Å². The Hall–Kier alpha value is -3.06. The van der Waals surface area contributed by atoms with Gasteiger partial charge in [0.1, 0.15) is 17.5 Å². The Morgan fingerprint density at radius 2 is 2.16 bits per heavy atom. The van der Waals surface area contributed by atoms with Crippen molar-refractivity contribution in [2.24, 2.45) is 4.99 Å². The van der Waals surface area contributed by atoms with Crippen molar-refractivity contribution in [1.29, 1.82) is 0 Å². The van der Waals surface area contributed by atoms with Crippen LogP contribution in [0.15, 0.2) is 46.0 Å². The van der Waals surface area contributed by atoms with E-state index in [-0.39, 0.29) is 23.7 Å². The molecule has 2 aliphatic rings. The van der Waals surface area contributed by atoms with E-state index in [9.17, 15) is 19.1 Å². The summed E-state index contributed by atoms with van der Waals surface area (Å²) in [7, 11) is 0. The van der Waals surface area contributed by atoms with Crippen molar-refractivity contribution < 1.29 is 33.3 Å². The fourth-order valence-electron chi connectivity index (χ4n) is 3.92. The number of aliphatic imine (C=N–C) groups is 1. The molecule has 1 aromatic heterocycles. The van der Waals surface area contributed by atoms with E-state index >= 15 is 0 Å². The summed E-state index contributed by atoms with van der Waals surface area (Å²) < 4.78 is 30.0. The SMILES string of the molecule is CC(C)(C)OC(=O)C1=C(CN2CCOC[C@@H]2OC(=O)O)NC(c2nccs2)=NC1c1ccc(F)cc1Cl. The van der Waals surface area contributed by atoms with Gasteiger partial charge in [0.2, 0.25) is 0 Å². The maximum absolute atomic E-state index is 13.9. The molecule has 10 nitrogen and oxygen atoms in total. The first-order valence-corrected chi connectivity index (χ1v) is 12.6. The Bertz CT molecular complexity index is 1230. The van der Waals surface area contributed by atoms with Gasteiger partial charge in [0.15, 0.2) is 17.1 Å². The summed E-state index contributed by atoms with van der Waals surface area (Å²) in [6.45, 7) is 6.02. The van der Waals surface area contributed by atoms with E-state index in [1.54, 1.807) is 37.2 Å². The van der Waals surface area contributed by atoms with E-state index in [1.165, 1.54) is 23.5 Å². The molecule has 4 rings (SSSR count). The highest BCUT2D eigenvalue weighted by Gasteiger charge is 2.37. The predicted octanol–water partition coefficient (Wildman–Crippen LogP) is 3.98. The molecule has 13 heteroatoms. The van der Waals surface area contributed by atoms with Crippen molar-refractivity contribution in [3.8, 4) is 0 Å². The topological polar surface area (TPSA) is 123 Å². The number of nitrogens with one attached hydrogen (secondary N) is 1. The number of morpholine rings is 1. The third kappa shape index (κ3) is 6.63. The number of aromatic nitrogens is 1. The molecule has 1 aromatic carbocycles. The molecule has 2 N–H and O–H groups in total. The van der Waals surface area contributed by atoms with E-state index in [2.05, 4.69) is 10.3 Å². The maximum Gasteiger partial charge on any atom is 0.507 e. The second-order valence-corrected chi connectivity index (χ2v) is 10.6.